The third kappa shape index (κ3) is 3.17. The molecule has 3 heterocycles. The Bertz CT molecular complexity index is 2610. The molecule has 0 fully saturated rings. The Morgan fingerprint density at radius 1 is 0.634 bits per heavy atom. The van der Waals surface area contributed by atoms with Crippen molar-refractivity contribution in [3.8, 4) is 11.1 Å². The fourth-order valence-electron chi connectivity index (χ4n) is 6.83. The third-order valence-corrected chi connectivity index (χ3v) is 9.97. The van der Waals surface area contributed by atoms with Gasteiger partial charge in [-0.15, -0.1) is 11.3 Å². The molecule has 2 heteroatoms. The summed E-state index contributed by atoms with van der Waals surface area (Å²) in [6.07, 6.45) is 2.31. The van der Waals surface area contributed by atoms with Gasteiger partial charge in [0.2, 0.25) is 0 Å². The van der Waals surface area contributed by atoms with Crippen LogP contribution in [0.4, 0.5) is 0 Å². The molecular weight excluding hydrogens is 515 g/mol. The van der Waals surface area contributed by atoms with Crippen molar-refractivity contribution < 1.29 is 0 Å². The molecule has 9 rings (SSSR count). The summed E-state index contributed by atoms with van der Waals surface area (Å²) in [7, 11) is 0. The highest BCUT2D eigenvalue weighted by Gasteiger charge is 2.20. The zero-order chi connectivity index (χ0) is 27.2. The molecule has 0 spiro atoms. The smallest absolute Gasteiger partial charge is 0.0617 e. The number of rotatable bonds is 2. The number of nitrogens with zero attached hydrogens (tertiary/aromatic N) is 1. The van der Waals surface area contributed by atoms with Crippen molar-refractivity contribution >= 4 is 82.1 Å². The molecule has 41 heavy (non-hydrogen) atoms. The quantitative estimate of drug-likeness (QED) is 0.206. The Kier molecular flexibility index (Phi) is 4.62. The van der Waals surface area contributed by atoms with Gasteiger partial charge in [-0.1, -0.05) is 104 Å². The fraction of sp³-hybridized carbons (Fsp3) is 0.0256. The first-order chi connectivity index (χ1) is 20.2. The largest absolute Gasteiger partial charge is 0.308 e. The van der Waals surface area contributed by atoms with Crippen molar-refractivity contribution in [2.24, 2.45) is 0 Å². The number of hydrogen-bond donors (Lipinski definition) is 0. The van der Waals surface area contributed by atoms with Gasteiger partial charge in [-0.05, 0) is 69.1 Å². The molecule has 0 bridgehead atoms. The molecule has 0 saturated heterocycles. The van der Waals surface area contributed by atoms with Gasteiger partial charge in [0, 0.05) is 36.3 Å². The predicted molar refractivity (Wildman–Crippen MR) is 179 cm³/mol. The summed E-state index contributed by atoms with van der Waals surface area (Å²) in [5, 5.41) is 11.4. The van der Waals surface area contributed by atoms with Crippen LogP contribution in [0.3, 0.4) is 0 Å². The number of thiophene rings is 1. The fourth-order valence-corrected chi connectivity index (χ4v) is 7.99. The van der Waals surface area contributed by atoms with Gasteiger partial charge in [0.1, 0.15) is 0 Å². The lowest BCUT2D eigenvalue weighted by atomic mass is 9.97. The molecule has 0 aliphatic rings. The van der Waals surface area contributed by atoms with E-state index in [1.807, 2.05) is 11.3 Å². The summed E-state index contributed by atoms with van der Waals surface area (Å²) < 4.78 is 5.13. The topological polar surface area (TPSA) is 4.41 Å². The lowest BCUT2D eigenvalue weighted by Crippen LogP contribution is -2.22. The second-order valence-electron chi connectivity index (χ2n) is 11.1. The third-order valence-electron chi connectivity index (χ3n) is 8.86. The van der Waals surface area contributed by atoms with Crippen molar-refractivity contribution in [1.29, 1.82) is 0 Å². The summed E-state index contributed by atoms with van der Waals surface area (Å²) >= 11 is 1.90. The number of fused-ring (bicyclic) bond motifs is 7. The van der Waals surface area contributed by atoms with Crippen LogP contribution >= 0.6 is 11.3 Å². The average molecular weight is 540 g/mol. The maximum absolute atomic E-state index is 4.29. The summed E-state index contributed by atoms with van der Waals surface area (Å²) in [4.78, 5) is 0. The van der Waals surface area contributed by atoms with E-state index in [-0.39, 0.29) is 0 Å². The van der Waals surface area contributed by atoms with Crippen LogP contribution < -0.4 is 10.4 Å². The molecule has 0 saturated carbocycles. The molecule has 0 aliphatic heterocycles. The van der Waals surface area contributed by atoms with Crippen LogP contribution in [-0.4, -0.2) is 4.40 Å². The Morgan fingerprint density at radius 3 is 2.32 bits per heavy atom. The monoisotopic (exact) mass is 539 g/mol. The zero-order valence-electron chi connectivity index (χ0n) is 22.6. The lowest BCUT2D eigenvalue weighted by Gasteiger charge is -2.07. The van der Waals surface area contributed by atoms with Gasteiger partial charge in [0.15, 0.2) is 0 Å². The minimum Gasteiger partial charge on any atom is -0.308 e. The number of aromatic nitrogens is 1. The molecule has 9 aromatic rings. The molecule has 0 radical (unpaired) electrons. The normalized spacial score (nSPS) is 12.8. The van der Waals surface area contributed by atoms with Crippen LogP contribution in [0.5, 0.6) is 0 Å². The van der Waals surface area contributed by atoms with E-state index >= 15 is 0 Å². The van der Waals surface area contributed by atoms with E-state index in [1.54, 1.807) is 0 Å². The number of para-hydroxylation sites is 1. The van der Waals surface area contributed by atoms with Crippen molar-refractivity contribution in [2.45, 2.75) is 6.92 Å². The van der Waals surface area contributed by atoms with Gasteiger partial charge in [0.25, 0.3) is 0 Å². The Balaban J connectivity index is 1.34. The van der Waals surface area contributed by atoms with Crippen molar-refractivity contribution in [1.82, 2.24) is 4.40 Å². The molecule has 192 valence electrons. The van der Waals surface area contributed by atoms with Gasteiger partial charge in [-0.2, -0.15) is 0 Å². The molecule has 6 aromatic carbocycles. The Labute approximate surface area is 240 Å². The van der Waals surface area contributed by atoms with Crippen LogP contribution in [-0.2, 0) is 0 Å². The molecule has 3 aromatic heterocycles. The summed E-state index contributed by atoms with van der Waals surface area (Å²) in [5.41, 5.74) is 7.69. The molecule has 0 amide bonds. The van der Waals surface area contributed by atoms with Crippen LogP contribution in [0.1, 0.15) is 11.3 Å². The zero-order valence-corrected chi connectivity index (χ0v) is 23.4. The van der Waals surface area contributed by atoms with Gasteiger partial charge in [-0.3, -0.25) is 0 Å². The summed E-state index contributed by atoms with van der Waals surface area (Å²) in [5.74, 6) is 0. The van der Waals surface area contributed by atoms with E-state index in [0.717, 1.165) is 10.4 Å². The Morgan fingerprint density at radius 2 is 1.39 bits per heavy atom. The highest BCUT2D eigenvalue weighted by atomic mass is 32.1. The molecule has 1 nitrogen and oxygen atoms in total. The van der Waals surface area contributed by atoms with E-state index < -0.39 is 0 Å². The second kappa shape index (κ2) is 8.30. The van der Waals surface area contributed by atoms with Gasteiger partial charge in [-0.25, -0.2) is 0 Å². The number of hydrogen-bond acceptors (Lipinski definition) is 1. The van der Waals surface area contributed by atoms with Gasteiger partial charge >= 0.3 is 0 Å². The van der Waals surface area contributed by atoms with Crippen molar-refractivity contribution in [3.05, 3.63) is 137 Å². The molecule has 0 atom stereocenters. The first-order valence-corrected chi connectivity index (χ1v) is 14.9. The standard InChI is InChI=1S/C39H25NS/c1-23-9-3-4-11-26(23)19-35-24(2)28-14-8-16-32-33-21-34-31-18-17-27(30-15-7-12-25-10-5-6-13-29(25)30)20-37(31)41-38(34)22-36(33)40(35)39(28)32/h3-22H,1H2,2H3/b26-19-. The first-order valence-electron chi connectivity index (χ1n) is 14.0. The highest BCUT2D eigenvalue weighted by Crippen LogP contribution is 2.43. The minimum atomic E-state index is 1.05. The maximum atomic E-state index is 4.29. The van der Waals surface area contributed by atoms with E-state index in [2.05, 4.69) is 139 Å². The Hall–Kier alpha value is -4.92. The molecule has 0 unspecified atom stereocenters. The second-order valence-corrected chi connectivity index (χ2v) is 12.2. The van der Waals surface area contributed by atoms with Crippen LogP contribution in [0.2, 0.25) is 0 Å². The van der Waals surface area contributed by atoms with Crippen molar-refractivity contribution in [2.75, 3.05) is 0 Å². The predicted octanol–water partition coefficient (Wildman–Crippen LogP) is 9.42. The maximum Gasteiger partial charge on any atom is 0.0617 e. The van der Waals surface area contributed by atoms with Gasteiger partial charge < -0.3 is 4.40 Å². The van der Waals surface area contributed by atoms with E-state index in [0.29, 0.717) is 0 Å². The number of aryl methyl sites for hydroxylation is 1. The summed E-state index contributed by atoms with van der Waals surface area (Å²) in [6, 6.07) is 42.2. The molecular formula is C39H25NS. The van der Waals surface area contributed by atoms with Crippen LogP contribution in [0.15, 0.2) is 115 Å². The van der Waals surface area contributed by atoms with Crippen molar-refractivity contribution in [3.63, 3.8) is 0 Å². The van der Waals surface area contributed by atoms with E-state index in [1.165, 1.54) is 80.5 Å². The van der Waals surface area contributed by atoms with Gasteiger partial charge in [0.05, 0.1) is 16.7 Å². The minimum absolute atomic E-state index is 1.05. The highest BCUT2D eigenvalue weighted by molar-refractivity contribution is 7.25. The van der Waals surface area contributed by atoms with Crippen LogP contribution in [0.25, 0.3) is 81.9 Å². The van der Waals surface area contributed by atoms with Crippen LogP contribution in [0, 0.1) is 6.92 Å². The lowest BCUT2D eigenvalue weighted by molar-refractivity contribution is 1.24. The van der Waals surface area contributed by atoms with E-state index in [4.69, 9.17) is 0 Å². The molecule has 0 N–H and O–H groups in total. The first kappa shape index (κ1) is 22.9. The van der Waals surface area contributed by atoms with E-state index in [9.17, 15) is 0 Å². The number of benzene rings is 6. The molecule has 0 aliphatic carbocycles. The SMILES string of the molecule is C=c1cccc/c1=C/c1c(C)c2cccc3c4cc5c(cc4n1c23)sc1cc(-c2cccc3ccccc23)ccc15. The summed E-state index contributed by atoms with van der Waals surface area (Å²) in [6.45, 7) is 6.53. The average Bonchev–Trinajstić information content (AvgIpc) is 3.62.